The van der Waals surface area contributed by atoms with Crippen LogP contribution in [0.5, 0.6) is 17.2 Å². The van der Waals surface area contributed by atoms with Crippen LogP contribution in [0.4, 0.5) is 4.39 Å². The molecule has 0 radical (unpaired) electrons. The van der Waals surface area contributed by atoms with Crippen molar-refractivity contribution in [2.45, 2.75) is 0 Å². The van der Waals surface area contributed by atoms with Gasteiger partial charge in [-0.2, -0.15) is 0 Å². The molecule has 0 atom stereocenters. The summed E-state index contributed by atoms with van der Waals surface area (Å²) in [6.07, 6.45) is 1.46. The molecule has 0 bridgehead atoms. The first kappa shape index (κ1) is 19.6. The Hall–Kier alpha value is -4.39. The molecule has 32 heavy (non-hydrogen) atoms. The fourth-order valence-corrected chi connectivity index (χ4v) is 3.43. The molecule has 5 rings (SSSR count). The van der Waals surface area contributed by atoms with Crippen molar-refractivity contribution < 1.29 is 32.6 Å². The van der Waals surface area contributed by atoms with Crippen molar-refractivity contribution in [2.75, 3.05) is 7.11 Å². The van der Waals surface area contributed by atoms with Crippen LogP contribution in [0, 0.1) is 5.82 Å². The minimum atomic E-state index is -0.706. The van der Waals surface area contributed by atoms with Crippen molar-refractivity contribution in [3.63, 3.8) is 0 Å². The zero-order valence-corrected chi connectivity index (χ0v) is 16.8. The third-order valence-corrected chi connectivity index (χ3v) is 4.93. The molecule has 0 N–H and O–H groups in total. The summed E-state index contributed by atoms with van der Waals surface area (Å²) in [5.74, 6) is -0.472. The molecule has 158 valence electrons. The Balaban J connectivity index is 1.38. The maximum absolute atomic E-state index is 13.4. The van der Waals surface area contributed by atoms with Gasteiger partial charge in [-0.1, -0.05) is 24.3 Å². The van der Waals surface area contributed by atoms with E-state index in [4.69, 9.17) is 18.6 Å². The molecular formula is C25H15FO6. The average molecular weight is 430 g/mol. The molecule has 1 aliphatic rings. The monoisotopic (exact) mass is 430 g/mol. The van der Waals surface area contributed by atoms with Gasteiger partial charge in [-0.25, -0.2) is 9.18 Å². The highest BCUT2D eigenvalue weighted by atomic mass is 19.1. The number of ketones is 1. The molecule has 0 saturated heterocycles. The maximum atomic E-state index is 13.4. The number of hydrogen-bond acceptors (Lipinski definition) is 6. The van der Waals surface area contributed by atoms with E-state index in [1.54, 1.807) is 36.4 Å². The predicted octanol–water partition coefficient (Wildman–Crippen LogP) is 5.42. The van der Waals surface area contributed by atoms with E-state index in [1.807, 2.05) is 0 Å². The van der Waals surface area contributed by atoms with E-state index in [0.29, 0.717) is 27.8 Å². The Morgan fingerprint density at radius 3 is 2.69 bits per heavy atom. The molecular weight excluding hydrogens is 415 g/mol. The van der Waals surface area contributed by atoms with Gasteiger partial charge in [-0.05, 0) is 48.0 Å². The molecule has 6 nitrogen and oxygen atoms in total. The summed E-state index contributed by atoms with van der Waals surface area (Å²) in [6.45, 7) is 0. The standard InChI is InChI=1S/C25H15FO6/c1-29-19-7-3-5-15-12-22(32-24(15)19)25(28)30-17-8-9-18-20(13-17)31-21(23(18)27)11-14-4-2-6-16(26)10-14/h2-13H,1H3/b21-11-. The second-order valence-corrected chi connectivity index (χ2v) is 7.03. The third-order valence-electron chi connectivity index (χ3n) is 4.93. The smallest absolute Gasteiger partial charge is 0.379 e. The van der Waals surface area contributed by atoms with Crippen LogP contribution in [-0.2, 0) is 0 Å². The highest BCUT2D eigenvalue weighted by Crippen LogP contribution is 2.35. The molecule has 2 heterocycles. The second-order valence-electron chi connectivity index (χ2n) is 7.03. The number of fused-ring (bicyclic) bond motifs is 2. The highest BCUT2D eigenvalue weighted by Gasteiger charge is 2.28. The number of halogens is 1. The van der Waals surface area contributed by atoms with Gasteiger partial charge in [0.1, 0.15) is 17.3 Å². The normalized spacial score (nSPS) is 13.8. The summed E-state index contributed by atoms with van der Waals surface area (Å²) in [6, 6.07) is 17.1. The van der Waals surface area contributed by atoms with E-state index in [0.717, 1.165) is 0 Å². The van der Waals surface area contributed by atoms with Gasteiger partial charge in [0, 0.05) is 11.5 Å². The molecule has 1 aromatic heterocycles. The summed E-state index contributed by atoms with van der Waals surface area (Å²) in [7, 11) is 1.51. The van der Waals surface area contributed by atoms with Crippen LogP contribution >= 0.6 is 0 Å². The Labute approximate surface area is 181 Å². The second kappa shape index (κ2) is 7.70. The van der Waals surface area contributed by atoms with Gasteiger partial charge in [0.25, 0.3) is 0 Å². The number of ether oxygens (including phenoxy) is 3. The minimum Gasteiger partial charge on any atom is -0.493 e. The molecule has 4 aromatic rings. The van der Waals surface area contributed by atoms with E-state index in [2.05, 4.69) is 0 Å². The zero-order chi connectivity index (χ0) is 22.2. The number of rotatable bonds is 4. The van der Waals surface area contributed by atoms with Crippen LogP contribution in [0.1, 0.15) is 26.5 Å². The number of carbonyl (C=O) groups excluding carboxylic acids is 2. The van der Waals surface area contributed by atoms with Crippen LogP contribution in [0.15, 0.2) is 76.9 Å². The lowest BCUT2D eigenvalue weighted by Crippen LogP contribution is -2.07. The summed E-state index contributed by atoms with van der Waals surface area (Å²) in [4.78, 5) is 25.2. The van der Waals surface area contributed by atoms with E-state index in [9.17, 15) is 14.0 Å². The number of Topliss-reactive ketones (excluding diaryl/α,β-unsaturated/α-hetero) is 1. The molecule has 0 aliphatic carbocycles. The van der Waals surface area contributed by atoms with Gasteiger partial charge in [0.05, 0.1) is 12.7 Å². The quantitative estimate of drug-likeness (QED) is 0.245. The minimum absolute atomic E-state index is 0.00804. The highest BCUT2D eigenvalue weighted by molar-refractivity contribution is 6.14. The van der Waals surface area contributed by atoms with Gasteiger partial charge in [-0.15, -0.1) is 0 Å². The van der Waals surface area contributed by atoms with Crippen molar-refractivity contribution in [3.05, 3.63) is 95.2 Å². The molecule has 0 spiro atoms. The summed E-state index contributed by atoms with van der Waals surface area (Å²) in [5, 5.41) is 0.700. The Bertz CT molecular complexity index is 1420. The molecule has 0 saturated carbocycles. The number of furan rings is 1. The van der Waals surface area contributed by atoms with Crippen LogP contribution in [0.2, 0.25) is 0 Å². The maximum Gasteiger partial charge on any atom is 0.379 e. The van der Waals surface area contributed by atoms with Crippen molar-refractivity contribution in [1.82, 2.24) is 0 Å². The topological polar surface area (TPSA) is 75.0 Å². The van der Waals surface area contributed by atoms with Crippen LogP contribution in [0.3, 0.4) is 0 Å². The van der Waals surface area contributed by atoms with E-state index in [-0.39, 0.29) is 28.8 Å². The predicted molar refractivity (Wildman–Crippen MR) is 114 cm³/mol. The molecule has 0 amide bonds. The van der Waals surface area contributed by atoms with Crippen molar-refractivity contribution in [2.24, 2.45) is 0 Å². The SMILES string of the molecule is COc1cccc2cc(C(=O)Oc3ccc4c(c3)O/C(=C\c3cccc(F)c3)C4=O)oc12. The van der Waals surface area contributed by atoms with Crippen LogP contribution in [-0.4, -0.2) is 18.9 Å². The van der Waals surface area contributed by atoms with Crippen LogP contribution < -0.4 is 14.2 Å². The number of hydrogen-bond donors (Lipinski definition) is 0. The number of methoxy groups -OCH3 is 1. The first-order chi connectivity index (χ1) is 15.5. The van der Waals surface area contributed by atoms with Gasteiger partial charge in [0.2, 0.25) is 11.5 Å². The lowest BCUT2D eigenvalue weighted by Gasteiger charge is -2.04. The number of benzene rings is 3. The summed E-state index contributed by atoms with van der Waals surface area (Å²) in [5.41, 5.74) is 1.26. The van der Waals surface area contributed by atoms with Gasteiger partial charge < -0.3 is 18.6 Å². The Morgan fingerprint density at radius 2 is 1.88 bits per heavy atom. The lowest BCUT2D eigenvalue weighted by atomic mass is 10.1. The Morgan fingerprint density at radius 1 is 1.03 bits per heavy atom. The van der Waals surface area contributed by atoms with Crippen molar-refractivity contribution in [1.29, 1.82) is 0 Å². The van der Waals surface area contributed by atoms with Crippen molar-refractivity contribution >= 4 is 28.8 Å². The lowest BCUT2D eigenvalue weighted by molar-refractivity contribution is 0.0703. The molecule has 3 aromatic carbocycles. The summed E-state index contributed by atoms with van der Waals surface area (Å²) >= 11 is 0. The number of carbonyl (C=O) groups is 2. The van der Waals surface area contributed by atoms with Crippen LogP contribution in [0.25, 0.3) is 17.0 Å². The first-order valence-electron chi connectivity index (χ1n) is 9.64. The van der Waals surface area contributed by atoms with Gasteiger partial charge in [-0.3, -0.25) is 4.79 Å². The van der Waals surface area contributed by atoms with Gasteiger partial charge in [0.15, 0.2) is 17.1 Å². The fraction of sp³-hybridized carbons (Fsp3) is 0.0400. The van der Waals surface area contributed by atoms with Crippen molar-refractivity contribution in [3.8, 4) is 17.2 Å². The Kier molecular flexibility index (Phi) is 4.71. The van der Waals surface area contributed by atoms with E-state index >= 15 is 0 Å². The van der Waals surface area contributed by atoms with E-state index < -0.39 is 11.8 Å². The summed E-state index contributed by atoms with van der Waals surface area (Å²) < 4.78 is 35.3. The largest absolute Gasteiger partial charge is 0.493 e. The molecule has 0 unspecified atom stereocenters. The zero-order valence-electron chi connectivity index (χ0n) is 16.8. The molecule has 7 heteroatoms. The van der Waals surface area contributed by atoms with E-state index in [1.165, 1.54) is 43.5 Å². The van der Waals surface area contributed by atoms with Gasteiger partial charge >= 0.3 is 5.97 Å². The first-order valence-corrected chi connectivity index (χ1v) is 9.64. The third kappa shape index (κ3) is 3.50. The molecule has 0 fully saturated rings. The average Bonchev–Trinajstić information content (AvgIpc) is 3.35. The fourth-order valence-electron chi connectivity index (χ4n) is 3.43. The number of para-hydroxylation sites is 1. The number of allylic oxidation sites excluding steroid dienone is 1. The molecule has 1 aliphatic heterocycles. The number of esters is 1.